The van der Waals surface area contributed by atoms with Gasteiger partial charge in [-0.15, -0.1) is 6.58 Å². The lowest BCUT2D eigenvalue weighted by Crippen LogP contribution is -2.12. The summed E-state index contributed by atoms with van der Waals surface area (Å²) in [5, 5.41) is -4.18. The molecule has 0 aliphatic heterocycles. The first-order chi connectivity index (χ1) is 12.7. The largest absolute Gasteiger partial charge is 0.353 e. The molecule has 0 heterocycles. The van der Waals surface area contributed by atoms with Crippen molar-refractivity contribution >= 4 is 11.6 Å². The van der Waals surface area contributed by atoms with Gasteiger partial charge in [-0.25, -0.2) is 13.2 Å². The highest BCUT2D eigenvalue weighted by molar-refractivity contribution is 6.21. The predicted molar refractivity (Wildman–Crippen MR) is 96.4 cm³/mol. The van der Waals surface area contributed by atoms with Crippen molar-refractivity contribution in [3.63, 3.8) is 0 Å². The molecule has 2 aromatic carbocycles. The summed E-state index contributed by atoms with van der Waals surface area (Å²) in [5.74, 6) is -2.99. The van der Waals surface area contributed by atoms with Gasteiger partial charge in [0.25, 0.3) is 0 Å². The molecule has 1 aliphatic rings. The molecule has 0 bridgehead atoms. The van der Waals surface area contributed by atoms with Crippen LogP contribution in [-0.2, 0) is 5.38 Å². The summed E-state index contributed by atoms with van der Waals surface area (Å²) in [6.45, 7) is 3.80. The van der Waals surface area contributed by atoms with Crippen molar-refractivity contribution in [2.45, 2.75) is 37.0 Å². The molecule has 0 radical (unpaired) electrons. The first-order valence-corrected chi connectivity index (χ1v) is 9.07. The normalized spacial score (nSPS) is 20.5. The van der Waals surface area contributed by atoms with Crippen LogP contribution in [-0.4, -0.2) is 0 Å². The van der Waals surface area contributed by atoms with E-state index in [4.69, 9.17) is 11.6 Å². The average Bonchev–Trinajstić information content (AvgIpc) is 2.59. The third-order valence-electron chi connectivity index (χ3n) is 5.21. The molecule has 0 nitrogen and oxygen atoms in total. The number of allylic oxidation sites excluding steroid dienone is 1. The van der Waals surface area contributed by atoms with E-state index in [0.29, 0.717) is 18.1 Å². The molecule has 0 N–H and O–H groups in total. The number of halogens is 6. The van der Waals surface area contributed by atoms with Crippen LogP contribution in [0.4, 0.5) is 22.0 Å². The Morgan fingerprint density at radius 1 is 0.926 bits per heavy atom. The molecule has 2 aromatic rings. The van der Waals surface area contributed by atoms with Crippen LogP contribution in [0.2, 0.25) is 0 Å². The molecule has 0 aromatic heterocycles. The quantitative estimate of drug-likeness (QED) is 0.283. The Morgan fingerprint density at radius 2 is 1.52 bits per heavy atom. The van der Waals surface area contributed by atoms with Gasteiger partial charge < -0.3 is 0 Å². The molecule has 1 aliphatic carbocycles. The predicted octanol–water partition coefficient (Wildman–Crippen LogP) is 7.52. The van der Waals surface area contributed by atoms with Gasteiger partial charge in [-0.05, 0) is 78.4 Å². The van der Waals surface area contributed by atoms with E-state index in [0.717, 1.165) is 31.2 Å². The summed E-state index contributed by atoms with van der Waals surface area (Å²) in [4.78, 5) is 0. The molecule has 6 heteroatoms. The second kappa shape index (κ2) is 7.63. The van der Waals surface area contributed by atoms with E-state index >= 15 is 0 Å². The maximum Gasteiger partial charge on any atom is 0.353 e. The Kier molecular flexibility index (Phi) is 5.61. The van der Waals surface area contributed by atoms with E-state index in [9.17, 15) is 22.0 Å². The van der Waals surface area contributed by atoms with Gasteiger partial charge in [0.2, 0.25) is 0 Å². The van der Waals surface area contributed by atoms with Gasteiger partial charge >= 0.3 is 5.38 Å². The maximum absolute atomic E-state index is 14.6. The molecular weight excluding hydrogens is 383 g/mol. The van der Waals surface area contributed by atoms with Gasteiger partial charge in [0.05, 0.1) is 0 Å². The molecule has 144 valence electrons. The highest BCUT2D eigenvalue weighted by Crippen LogP contribution is 2.40. The molecule has 0 atom stereocenters. The third-order valence-corrected chi connectivity index (χ3v) is 5.40. The maximum atomic E-state index is 14.6. The molecule has 0 unspecified atom stereocenters. The van der Waals surface area contributed by atoms with E-state index in [1.165, 1.54) is 12.1 Å². The zero-order chi connectivity index (χ0) is 19.8. The van der Waals surface area contributed by atoms with Gasteiger partial charge in [-0.1, -0.05) is 18.2 Å². The van der Waals surface area contributed by atoms with Crippen molar-refractivity contribution in [1.29, 1.82) is 0 Å². The summed E-state index contributed by atoms with van der Waals surface area (Å²) < 4.78 is 68.7. The van der Waals surface area contributed by atoms with Crippen LogP contribution < -0.4 is 0 Å². The Labute approximate surface area is 159 Å². The van der Waals surface area contributed by atoms with Crippen LogP contribution in [0.25, 0.3) is 11.1 Å². The van der Waals surface area contributed by atoms with E-state index in [2.05, 4.69) is 6.58 Å². The van der Waals surface area contributed by atoms with E-state index < -0.39 is 28.4 Å². The van der Waals surface area contributed by atoms with Crippen LogP contribution in [0.3, 0.4) is 0 Å². The first kappa shape index (κ1) is 19.9. The Hall–Kier alpha value is -1.88. The topological polar surface area (TPSA) is 0 Å². The van der Waals surface area contributed by atoms with Gasteiger partial charge in [0.15, 0.2) is 0 Å². The van der Waals surface area contributed by atoms with Gasteiger partial charge in [-0.3, -0.25) is 0 Å². The third kappa shape index (κ3) is 4.18. The van der Waals surface area contributed by atoms with Crippen molar-refractivity contribution < 1.29 is 22.0 Å². The number of hydrogen-bond donors (Lipinski definition) is 0. The fourth-order valence-corrected chi connectivity index (χ4v) is 3.89. The van der Waals surface area contributed by atoms with Crippen LogP contribution in [0.5, 0.6) is 0 Å². The van der Waals surface area contributed by atoms with Crippen LogP contribution in [0.15, 0.2) is 43.0 Å². The highest BCUT2D eigenvalue weighted by atomic mass is 35.5. The van der Waals surface area contributed by atoms with Crippen molar-refractivity contribution in [2.75, 3.05) is 0 Å². The summed E-state index contributed by atoms with van der Waals surface area (Å²) in [5.41, 5.74) is -0.928. The monoisotopic (exact) mass is 400 g/mol. The highest BCUT2D eigenvalue weighted by Gasteiger charge is 2.35. The smallest absolute Gasteiger partial charge is 0.206 e. The molecule has 1 fully saturated rings. The summed E-state index contributed by atoms with van der Waals surface area (Å²) in [7, 11) is 0. The molecule has 3 rings (SSSR count). The van der Waals surface area contributed by atoms with Gasteiger partial charge in [-0.2, -0.15) is 8.78 Å². The van der Waals surface area contributed by atoms with Crippen LogP contribution >= 0.6 is 11.6 Å². The Morgan fingerprint density at radius 3 is 2.00 bits per heavy atom. The van der Waals surface area contributed by atoms with Crippen LogP contribution in [0, 0.1) is 23.4 Å². The summed E-state index contributed by atoms with van der Waals surface area (Å²) in [6, 6.07) is 5.84. The number of hydrogen-bond acceptors (Lipinski definition) is 0. The second-order valence-electron chi connectivity index (χ2n) is 6.90. The Balaban J connectivity index is 1.90. The second-order valence-corrected chi connectivity index (χ2v) is 7.37. The van der Waals surface area contributed by atoms with Crippen molar-refractivity contribution in [1.82, 2.24) is 0 Å². The standard InChI is InChI=1S/C21H18ClF5/c1-2-12-3-5-13(6-4-12)14-7-8-16(17(23)9-14)15-10-18(24)20(19(25)11-15)21(22,26)27/h2,7-13H,1,3-6H2. The number of alkyl halides is 3. The van der Waals surface area contributed by atoms with E-state index in [-0.39, 0.29) is 17.0 Å². The van der Waals surface area contributed by atoms with Gasteiger partial charge in [0.1, 0.15) is 23.0 Å². The van der Waals surface area contributed by atoms with Crippen molar-refractivity contribution in [3.05, 3.63) is 71.6 Å². The lowest BCUT2D eigenvalue weighted by atomic mass is 9.78. The minimum absolute atomic E-state index is 0.0548. The SMILES string of the molecule is C=CC1CCC(c2ccc(-c3cc(F)c(C(F)(F)Cl)c(F)c3)c(F)c2)CC1. The summed E-state index contributed by atoms with van der Waals surface area (Å²) >= 11 is 4.73. The van der Waals surface area contributed by atoms with E-state index in [1.54, 1.807) is 6.07 Å². The van der Waals surface area contributed by atoms with Crippen molar-refractivity contribution in [2.24, 2.45) is 5.92 Å². The molecular formula is C21H18ClF5. The lowest BCUT2D eigenvalue weighted by molar-refractivity contribution is 0.0859. The molecule has 0 amide bonds. The zero-order valence-electron chi connectivity index (χ0n) is 14.4. The zero-order valence-corrected chi connectivity index (χ0v) is 15.2. The van der Waals surface area contributed by atoms with Gasteiger partial charge in [0, 0.05) is 5.56 Å². The minimum atomic E-state index is -4.18. The molecule has 27 heavy (non-hydrogen) atoms. The molecule has 1 saturated carbocycles. The van der Waals surface area contributed by atoms with E-state index in [1.807, 2.05) is 6.08 Å². The Bertz CT molecular complexity index is 825. The first-order valence-electron chi connectivity index (χ1n) is 8.69. The number of benzene rings is 2. The average molecular weight is 401 g/mol. The fourth-order valence-electron chi connectivity index (χ4n) is 3.71. The lowest BCUT2D eigenvalue weighted by Gasteiger charge is -2.27. The fraction of sp³-hybridized carbons (Fsp3) is 0.333. The van der Waals surface area contributed by atoms with Crippen LogP contribution in [0.1, 0.15) is 42.7 Å². The summed E-state index contributed by atoms with van der Waals surface area (Å²) in [6.07, 6.45) is 5.75. The number of rotatable bonds is 4. The minimum Gasteiger partial charge on any atom is -0.206 e. The molecule has 0 spiro atoms. The molecule has 0 saturated heterocycles. The van der Waals surface area contributed by atoms with Crippen molar-refractivity contribution in [3.8, 4) is 11.1 Å².